The number of rotatable bonds is 4. The van der Waals surface area contributed by atoms with E-state index in [4.69, 9.17) is 4.74 Å². The molecule has 1 aromatic carbocycles. The molecule has 2 saturated heterocycles. The summed E-state index contributed by atoms with van der Waals surface area (Å²) in [4.78, 5) is 28.8. The average molecular weight is 397 g/mol. The predicted octanol–water partition coefficient (Wildman–Crippen LogP) is 2.03. The van der Waals surface area contributed by atoms with Crippen molar-refractivity contribution in [2.45, 2.75) is 19.4 Å². The molecule has 8 nitrogen and oxygen atoms in total. The number of hydrogen-bond donors (Lipinski definition) is 1. The second-order valence-corrected chi connectivity index (χ2v) is 7.51. The minimum absolute atomic E-state index is 0.00207. The smallest absolute Gasteiger partial charge is 0.323 e. The van der Waals surface area contributed by atoms with Crippen molar-refractivity contribution >= 4 is 17.8 Å². The first-order valence-electron chi connectivity index (χ1n) is 10.2. The number of nitrogens with one attached hydrogen (secondary N) is 1. The van der Waals surface area contributed by atoms with Gasteiger partial charge in [-0.2, -0.15) is 5.10 Å². The molecule has 1 aromatic heterocycles. The zero-order valence-electron chi connectivity index (χ0n) is 16.5. The number of urea groups is 1. The molecule has 2 aromatic rings. The quantitative estimate of drug-likeness (QED) is 0.856. The number of carbonyl (C=O) groups excluding carboxylic acids is 2. The van der Waals surface area contributed by atoms with Crippen LogP contribution in [0.25, 0.3) is 0 Å². The molecular formula is C21H27N5O3. The predicted molar refractivity (Wildman–Crippen MR) is 108 cm³/mol. The highest BCUT2D eigenvalue weighted by atomic mass is 16.5. The number of amides is 3. The number of nitrogens with zero attached hydrogens (tertiary/aromatic N) is 4. The summed E-state index contributed by atoms with van der Waals surface area (Å²) in [6.07, 6.45) is 3.26. The maximum atomic E-state index is 12.6. The Morgan fingerprint density at radius 1 is 1.00 bits per heavy atom. The highest BCUT2D eigenvalue weighted by molar-refractivity contribution is 5.88. The van der Waals surface area contributed by atoms with Crippen molar-refractivity contribution in [1.29, 1.82) is 0 Å². The van der Waals surface area contributed by atoms with Gasteiger partial charge in [-0.15, -0.1) is 0 Å². The van der Waals surface area contributed by atoms with E-state index in [0.717, 1.165) is 5.56 Å². The number of hydrogen-bond acceptors (Lipinski definition) is 4. The Labute approximate surface area is 170 Å². The van der Waals surface area contributed by atoms with Gasteiger partial charge in [-0.1, -0.05) is 30.3 Å². The molecule has 8 heteroatoms. The van der Waals surface area contributed by atoms with Gasteiger partial charge in [-0.3, -0.25) is 14.8 Å². The average Bonchev–Trinajstić information content (AvgIpc) is 3.21. The second-order valence-electron chi connectivity index (χ2n) is 7.51. The maximum Gasteiger partial charge on any atom is 0.323 e. The molecule has 0 saturated carbocycles. The summed E-state index contributed by atoms with van der Waals surface area (Å²) in [5.74, 6) is 0.743. The molecule has 29 heavy (non-hydrogen) atoms. The Kier molecular flexibility index (Phi) is 6.09. The fourth-order valence-corrected chi connectivity index (χ4v) is 3.85. The molecular weight excluding hydrogens is 370 g/mol. The molecule has 0 bridgehead atoms. The number of benzene rings is 1. The summed E-state index contributed by atoms with van der Waals surface area (Å²) in [6, 6.07) is 11.7. The minimum Gasteiger partial charge on any atom is -0.378 e. The molecule has 0 unspecified atom stereocenters. The van der Waals surface area contributed by atoms with Crippen LogP contribution in [-0.2, 0) is 16.1 Å². The lowest BCUT2D eigenvalue weighted by Gasteiger charge is -2.35. The molecule has 3 amide bonds. The van der Waals surface area contributed by atoms with Crippen LogP contribution in [-0.4, -0.2) is 70.9 Å². The van der Waals surface area contributed by atoms with E-state index in [0.29, 0.717) is 64.6 Å². The maximum absolute atomic E-state index is 12.6. The van der Waals surface area contributed by atoms with Crippen LogP contribution in [0.1, 0.15) is 18.4 Å². The first-order chi connectivity index (χ1) is 14.2. The summed E-state index contributed by atoms with van der Waals surface area (Å²) in [6.45, 7) is 4.39. The largest absolute Gasteiger partial charge is 0.378 e. The van der Waals surface area contributed by atoms with Gasteiger partial charge < -0.3 is 14.5 Å². The van der Waals surface area contributed by atoms with Crippen molar-refractivity contribution in [3.8, 4) is 0 Å². The highest BCUT2D eigenvalue weighted by Gasteiger charge is 2.31. The van der Waals surface area contributed by atoms with Gasteiger partial charge in [0.1, 0.15) is 0 Å². The van der Waals surface area contributed by atoms with Gasteiger partial charge in [0, 0.05) is 44.4 Å². The molecule has 154 valence electrons. The second kappa shape index (κ2) is 9.09. The number of piperidine rings is 1. The van der Waals surface area contributed by atoms with E-state index in [1.807, 2.05) is 41.4 Å². The number of likely N-dealkylation sites (tertiary alicyclic amines) is 1. The first-order valence-corrected chi connectivity index (χ1v) is 10.2. The number of morpholine rings is 1. The van der Waals surface area contributed by atoms with Crippen LogP contribution in [0, 0.1) is 5.92 Å². The lowest BCUT2D eigenvalue weighted by atomic mass is 9.95. The van der Waals surface area contributed by atoms with Crippen LogP contribution in [0.5, 0.6) is 0 Å². The van der Waals surface area contributed by atoms with Crippen molar-refractivity contribution in [3.63, 3.8) is 0 Å². The van der Waals surface area contributed by atoms with E-state index < -0.39 is 0 Å². The fourth-order valence-electron chi connectivity index (χ4n) is 3.85. The molecule has 0 radical (unpaired) electrons. The first kappa shape index (κ1) is 19.4. The highest BCUT2D eigenvalue weighted by Crippen LogP contribution is 2.21. The van der Waals surface area contributed by atoms with Crippen molar-refractivity contribution in [3.05, 3.63) is 48.2 Å². The van der Waals surface area contributed by atoms with E-state index >= 15 is 0 Å². The molecule has 1 N–H and O–H groups in total. The Morgan fingerprint density at radius 3 is 2.45 bits per heavy atom. The molecule has 0 spiro atoms. The van der Waals surface area contributed by atoms with Gasteiger partial charge >= 0.3 is 6.03 Å². The van der Waals surface area contributed by atoms with Crippen LogP contribution in [0.2, 0.25) is 0 Å². The van der Waals surface area contributed by atoms with Gasteiger partial charge in [-0.05, 0) is 18.4 Å². The van der Waals surface area contributed by atoms with E-state index in [-0.39, 0.29) is 17.9 Å². The Morgan fingerprint density at radius 2 is 1.72 bits per heavy atom. The molecule has 0 aliphatic carbocycles. The Bertz CT molecular complexity index is 824. The van der Waals surface area contributed by atoms with E-state index in [1.54, 1.807) is 15.6 Å². The van der Waals surface area contributed by atoms with Crippen molar-refractivity contribution < 1.29 is 14.3 Å². The summed E-state index contributed by atoms with van der Waals surface area (Å²) in [7, 11) is 0. The van der Waals surface area contributed by atoms with Gasteiger partial charge in [-0.25, -0.2) is 4.79 Å². The monoisotopic (exact) mass is 397 g/mol. The zero-order valence-corrected chi connectivity index (χ0v) is 16.5. The zero-order chi connectivity index (χ0) is 20.1. The summed E-state index contributed by atoms with van der Waals surface area (Å²) in [5.41, 5.74) is 1.15. The van der Waals surface area contributed by atoms with Gasteiger partial charge in [0.05, 0.1) is 19.8 Å². The van der Waals surface area contributed by atoms with Gasteiger partial charge in [0.25, 0.3) is 0 Å². The van der Waals surface area contributed by atoms with Crippen LogP contribution in [0.15, 0.2) is 42.6 Å². The van der Waals surface area contributed by atoms with Gasteiger partial charge in [0.2, 0.25) is 5.91 Å². The van der Waals surface area contributed by atoms with E-state index in [1.165, 1.54) is 0 Å². The Balaban J connectivity index is 1.25. The lowest BCUT2D eigenvalue weighted by molar-refractivity contribution is -0.140. The van der Waals surface area contributed by atoms with Crippen LogP contribution in [0.4, 0.5) is 10.6 Å². The summed E-state index contributed by atoms with van der Waals surface area (Å²) >= 11 is 0. The number of aromatic nitrogens is 2. The number of anilines is 1. The van der Waals surface area contributed by atoms with Crippen LogP contribution < -0.4 is 5.32 Å². The van der Waals surface area contributed by atoms with E-state index in [9.17, 15) is 9.59 Å². The minimum atomic E-state index is -0.160. The van der Waals surface area contributed by atoms with Crippen molar-refractivity contribution in [2.24, 2.45) is 5.92 Å². The lowest BCUT2D eigenvalue weighted by Crippen LogP contribution is -2.48. The number of carbonyl (C=O) groups is 2. The normalized spacial score (nSPS) is 17.9. The molecule has 2 aliphatic heterocycles. The number of ether oxygens (including phenoxy) is 1. The van der Waals surface area contributed by atoms with Crippen LogP contribution in [0.3, 0.4) is 0 Å². The summed E-state index contributed by atoms with van der Waals surface area (Å²) < 4.78 is 7.12. The third kappa shape index (κ3) is 4.95. The standard InChI is InChI=1S/C21H27N5O3/c27-20(24-12-14-29-15-13-24)18-6-9-25(10-7-18)21(28)22-19-8-11-26(23-19)16-17-4-2-1-3-5-17/h1-5,8,11,18H,6-7,9-10,12-16H2,(H,22,23,28). The SMILES string of the molecule is O=C(Nc1ccn(Cc2ccccc2)n1)N1CCC(C(=O)N2CCOCC2)CC1. The molecule has 3 heterocycles. The van der Waals surface area contributed by atoms with Gasteiger partial charge in [0.15, 0.2) is 5.82 Å². The van der Waals surface area contributed by atoms with E-state index in [2.05, 4.69) is 10.4 Å². The molecule has 4 rings (SSSR count). The Hall–Kier alpha value is -2.87. The fraction of sp³-hybridized carbons (Fsp3) is 0.476. The molecule has 2 aliphatic rings. The topological polar surface area (TPSA) is 79.7 Å². The third-order valence-corrected chi connectivity index (χ3v) is 5.52. The van der Waals surface area contributed by atoms with Crippen molar-refractivity contribution in [2.75, 3.05) is 44.7 Å². The molecule has 0 atom stereocenters. The van der Waals surface area contributed by atoms with Crippen molar-refractivity contribution in [1.82, 2.24) is 19.6 Å². The molecule has 2 fully saturated rings. The third-order valence-electron chi connectivity index (χ3n) is 5.52. The van der Waals surface area contributed by atoms with Crippen LogP contribution >= 0.6 is 0 Å². The summed E-state index contributed by atoms with van der Waals surface area (Å²) in [5, 5.41) is 7.30.